The van der Waals surface area contributed by atoms with Crippen molar-refractivity contribution in [3.05, 3.63) is 46.6 Å². The maximum absolute atomic E-state index is 3.12. The minimum absolute atomic E-state index is 0. The maximum Gasteiger partial charge on any atom is 4.00 e. The van der Waals surface area contributed by atoms with Gasteiger partial charge in [-0.2, -0.15) is 12.2 Å². The Hall–Kier alpha value is 0.410. The van der Waals surface area contributed by atoms with Crippen molar-refractivity contribution >= 4 is 0 Å². The van der Waals surface area contributed by atoms with Gasteiger partial charge in [-0.05, 0) is 0 Å². The Morgan fingerprint density at radius 1 is 0.765 bits per heavy atom. The Balaban J connectivity index is -0.000000196. The molecule has 0 N–H and O–H groups in total. The molecule has 0 radical (unpaired) electrons. The summed E-state index contributed by atoms with van der Waals surface area (Å²) in [5, 5.41) is 0. The van der Waals surface area contributed by atoms with Crippen molar-refractivity contribution in [1.29, 1.82) is 0 Å². The van der Waals surface area contributed by atoms with Gasteiger partial charge in [0.25, 0.3) is 0 Å². The molecule has 92 valence electrons. The number of rotatable bonds is 0. The van der Waals surface area contributed by atoms with Crippen molar-refractivity contribution in [1.82, 2.24) is 0 Å². The van der Waals surface area contributed by atoms with Gasteiger partial charge >= 0.3 is 25.8 Å². The first kappa shape index (κ1) is 22.6. The summed E-state index contributed by atoms with van der Waals surface area (Å²) in [6.07, 6.45) is 12.6. The van der Waals surface area contributed by atoms with E-state index in [4.69, 9.17) is 0 Å². The van der Waals surface area contributed by atoms with E-state index in [1.807, 2.05) is 0 Å². The van der Waals surface area contributed by atoms with Crippen LogP contribution in [0.3, 0.4) is 0 Å². The van der Waals surface area contributed by atoms with Crippen LogP contribution in [0.2, 0.25) is 0 Å². The molecule has 0 aliphatic heterocycles. The average Bonchev–Trinajstić information content (AvgIpc) is 2.67. The number of allylic oxidation sites excluding steroid dienone is 8. The molecule has 0 spiro atoms. The van der Waals surface area contributed by atoms with E-state index in [1.165, 1.54) is 22.3 Å². The molecule has 0 fully saturated rings. The molecule has 0 aromatic heterocycles. The maximum atomic E-state index is 3.12. The zero-order valence-electron chi connectivity index (χ0n) is 10.8. The Morgan fingerprint density at radius 3 is 1.12 bits per heavy atom. The Morgan fingerprint density at radius 2 is 1.06 bits per heavy atom. The number of hydrogen-bond donors (Lipinski definition) is 0. The van der Waals surface area contributed by atoms with Crippen LogP contribution in [0.5, 0.6) is 0 Å². The van der Waals surface area contributed by atoms with Crippen molar-refractivity contribution in [2.24, 2.45) is 0 Å². The van der Waals surface area contributed by atoms with Crippen molar-refractivity contribution in [2.75, 3.05) is 0 Å². The van der Waals surface area contributed by atoms with Crippen LogP contribution in [0.4, 0.5) is 0 Å². The van der Waals surface area contributed by atoms with Gasteiger partial charge in [0.2, 0.25) is 0 Å². The minimum atomic E-state index is 0. The Labute approximate surface area is 137 Å². The summed E-state index contributed by atoms with van der Waals surface area (Å²) < 4.78 is 0. The zero-order chi connectivity index (χ0) is 10.6. The average molecular weight is 436 g/mol. The quantitative estimate of drug-likeness (QED) is 0.311. The van der Waals surface area contributed by atoms with Gasteiger partial charge in [0.15, 0.2) is 0 Å². The fourth-order valence-corrected chi connectivity index (χ4v) is 1.27. The van der Waals surface area contributed by atoms with E-state index in [0.717, 1.165) is 12.8 Å². The normalized spacial score (nSPS) is 15.8. The summed E-state index contributed by atoms with van der Waals surface area (Å²) in [6.45, 7) is 8.48. The van der Waals surface area contributed by atoms with E-state index in [2.05, 4.69) is 52.0 Å². The van der Waals surface area contributed by atoms with Crippen LogP contribution in [0.25, 0.3) is 0 Å². The molecule has 2 rings (SSSR count). The summed E-state index contributed by atoms with van der Waals surface area (Å²) in [6, 6.07) is 0. The van der Waals surface area contributed by atoms with Gasteiger partial charge in [0.05, 0.1) is 0 Å². The van der Waals surface area contributed by atoms with Gasteiger partial charge in [-0.25, -0.2) is 22.3 Å². The molecule has 0 saturated carbocycles. The van der Waals surface area contributed by atoms with Crippen LogP contribution in [0, 0.1) is 12.2 Å². The zero-order valence-corrected chi connectivity index (χ0v) is 15.9. The molecule has 0 aromatic carbocycles. The van der Waals surface area contributed by atoms with Gasteiger partial charge in [0.1, 0.15) is 0 Å². The second-order valence-corrected chi connectivity index (χ2v) is 3.92. The predicted molar refractivity (Wildman–Crippen MR) is 61.6 cm³/mol. The molecule has 0 aromatic rings. The minimum Gasteiger partial charge on any atom is -1.00 e. The van der Waals surface area contributed by atoms with Crippen LogP contribution in [0.1, 0.15) is 40.5 Å². The fourth-order valence-electron chi connectivity index (χ4n) is 1.27. The molecule has 0 bridgehead atoms. The Kier molecular flexibility index (Phi) is 15.3. The van der Waals surface area contributed by atoms with E-state index >= 15 is 0 Å². The SMILES string of the molecule is CC1=C(C)CC=[C-]1.CC1=C(C)CC=[C-]1.[Cl-].[Cl-].[Hf+4]. The number of hydrogen-bond acceptors (Lipinski definition) is 0. The third kappa shape index (κ3) is 8.18. The third-order valence-electron chi connectivity index (χ3n) is 2.73. The van der Waals surface area contributed by atoms with Crippen LogP contribution in [-0.4, -0.2) is 0 Å². The van der Waals surface area contributed by atoms with E-state index < -0.39 is 0 Å². The first-order chi connectivity index (χ1) is 6.61. The van der Waals surface area contributed by atoms with Gasteiger partial charge in [0, 0.05) is 0 Å². The smallest absolute Gasteiger partial charge is 1.00 e. The summed E-state index contributed by atoms with van der Waals surface area (Å²) >= 11 is 0. The van der Waals surface area contributed by atoms with E-state index in [-0.39, 0.29) is 50.7 Å². The monoisotopic (exact) mass is 436 g/mol. The summed E-state index contributed by atoms with van der Waals surface area (Å²) in [5.41, 5.74) is 5.56. The van der Waals surface area contributed by atoms with Crippen molar-refractivity contribution in [3.63, 3.8) is 0 Å². The van der Waals surface area contributed by atoms with Crippen LogP contribution >= 0.6 is 0 Å². The molecule has 0 saturated heterocycles. The van der Waals surface area contributed by atoms with E-state index in [9.17, 15) is 0 Å². The standard InChI is InChI=1S/2C7H9.2ClH.Hf/c2*1-6-4-3-5-7(6)2;;;/h2*3H,4H2,1-2H3;2*1H;/q2*-1;;;+4/p-2. The van der Waals surface area contributed by atoms with Crippen LogP contribution in [-0.2, 0) is 25.8 Å². The van der Waals surface area contributed by atoms with Gasteiger partial charge in [-0.3, -0.25) is 12.2 Å². The number of halogens is 2. The fraction of sp³-hybridized carbons (Fsp3) is 0.429. The molecular formula is C14H18Cl2Hf. The first-order valence-corrected chi connectivity index (χ1v) is 5.10. The molecule has 0 amide bonds. The largest absolute Gasteiger partial charge is 4.00 e. The van der Waals surface area contributed by atoms with Gasteiger partial charge in [-0.15, -0.1) is 13.8 Å². The van der Waals surface area contributed by atoms with Crippen LogP contribution < -0.4 is 24.8 Å². The molecule has 2 aliphatic rings. The van der Waals surface area contributed by atoms with Gasteiger partial charge in [-0.1, -0.05) is 26.7 Å². The molecule has 3 heteroatoms. The first-order valence-electron chi connectivity index (χ1n) is 5.10. The topological polar surface area (TPSA) is 0 Å². The molecule has 0 atom stereocenters. The van der Waals surface area contributed by atoms with Crippen LogP contribution in [0.15, 0.2) is 34.4 Å². The Bertz CT molecular complexity index is 302. The molecule has 17 heavy (non-hydrogen) atoms. The second-order valence-electron chi connectivity index (χ2n) is 3.92. The molecule has 0 heterocycles. The van der Waals surface area contributed by atoms with Crippen molar-refractivity contribution in [2.45, 2.75) is 40.5 Å². The van der Waals surface area contributed by atoms with Crippen molar-refractivity contribution < 1.29 is 50.7 Å². The summed E-state index contributed by atoms with van der Waals surface area (Å²) in [5.74, 6) is 0. The predicted octanol–water partition coefficient (Wildman–Crippen LogP) is -1.82. The second kappa shape index (κ2) is 11.5. The molecular weight excluding hydrogens is 418 g/mol. The van der Waals surface area contributed by atoms with E-state index in [1.54, 1.807) is 0 Å². The van der Waals surface area contributed by atoms with Crippen molar-refractivity contribution in [3.8, 4) is 0 Å². The van der Waals surface area contributed by atoms with E-state index in [0.29, 0.717) is 0 Å². The summed E-state index contributed by atoms with van der Waals surface area (Å²) in [4.78, 5) is 0. The molecule has 0 nitrogen and oxygen atoms in total. The third-order valence-corrected chi connectivity index (χ3v) is 2.73. The molecule has 2 aliphatic carbocycles. The summed E-state index contributed by atoms with van der Waals surface area (Å²) in [7, 11) is 0. The van der Waals surface area contributed by atoms with Gasteiger partial charge < -0.3 is 24.8 Å². The molecule has 0 unspecified atom stereocenters.